The van der Waals surface area contributed by atoms with Crippen molar-refractivity contribution < 1.29 is 9.53 Å². The zero-order valence-corrected chi connectivity index (χ0v) is 9.81. The Morgan fingerprint density at radius 2 is 1.94 bits per heavy atom. The minimum atomic E-state index is -0.328. The molecule has 0 aliphatic rings. The van der Waals surface area contributed by atoms with Crippen LogP contribution in [0.5, 0.6) is 5.75 Å². The van der Waals surface area contributed by atoms with E-state index in [4.69, 9.17) is 4.74 Å². The number of nitrogens with zero attached hydrogens (tertiary/aromatic N) is 1. The lowest BCUT2D eigenvalue weighted by atomic mass is 10.1. The van der Waals surface area contributed by atoms with Crippen molar-refractivity contribution in [2.45, 2.75) is 13.8 Å². The lowest BCUT2D eigenvalue weighted by molar-refractivity contribution is -0.131. The van der Waals surface area contributed by atoms with E-state index in [2.05, 4.69) is 4.98 Å². The van der Waals surface area contributed by atoms with Gasteiger partial charge in [-0.25, -0.2) is 0 Å². The summed E-state index contributed by atoms with van der Waals surface area (Å²) in [6.45, 7) is 3.37. The summed E-state index contributed by atoms with van der Waals surface area (Å²) >= 11 is 0. The Bertz CT molecular complexity index is 549. The first-order valence-electron chi connectivity index (χ1n) is 5.38. The number of benzene rings is 1. The topological polar surface area (TPSA) is 39.2 Å². The molecule has 86 valence electrons. The molecule has 1 aromatic carbocycles. The molecule has 2 aromatic rings. The molecule has 0 saturated heterocycles. The van der Waals surface area contributed by atoms with E-state index in [9.17, 15) is 4.79 Å². The number of esters is 1. The molecule has 0 radical (unpaired) electrons. The predicted molar refractivity (Wildman–Crippen MR) is 65.7 cm³/mol. The lowest BCUT2D eigenvalue weighted by Gasteiger charge is -2.09. The number of rotatable bonds is 2. The number of aromatic nitrogens is 1. The zero-order chi connectivity index (χ0) is 12.3. The summed E-state index contributed by atoms with van der Waals surface area (Å²) in [6, 6.07) is 11.3. The smallest absolute Gasteiger partial charge is 0.308 e. The number of carbonyl (C=O) groups is 1. The molecule has 3 nitrogen and oxygen atoms in total. The van der Waals surface area contributed by atoms with Gasteiger partial charge >= 0.3 is 5.97 Å². The van der Waals surface area contributed by atoms with Crippen molar-refractivity contribution in [2.75, 3.05) is 0 Å². The van der Waals surface area contributed by atoms with E-state index in [1.807, 2.05) is 37.3 Å². The maximum Gasteiger partial charge on any atom is 0.308 e. The van der Waals surface area contributed by atoms with E-state index < -0.39 is 0 Å². The number of aryl methyl sites for hydroxylation is 1. The summed E-state index contributed by atoms with van der Waals surface area (Å²) in [5.74, 6) is 0.216. The third-order valence-electron chi connectivity index (χ3n) is 2.41. The number of pyridine rings is 1. The number of ether oxygens (including phenoxy) is 1. The van der Waals surface area contributed by atoms with Crippen molar-refractivity contribution in [3.8, 4) is 17.0 Å². The van der Waals surface area contributed by atoms with Gasteiger partial charge < -0.3 is 4.74 Å². The van der Waals surface area contributed by atoms with Crippen LogP contribution < -0.4 is 4.74 Å². The Morgan fingerprint density at radius 1 is 1.18 bits per heavy atom. The summed E-state index contributed by atoms with van der Waals surface area (Å²) in [6.07, 6.45) is 1.73. The molecule has 0 spiro atoms. The minimum Gasteiger partial charge on any atom is -0.426 e. The highest BCUT2D eigenvalue weighted by Crippen LogP contribution is 2.30. The first-order chi connectivity index (χ1) is 8.18. The molecule has 3 heteroatoms. The summed E-state index contributed by atoms with van der Waals surface area (Å²) in [7, 11) is 0. The highest BCUT2D eigenvalue weighted by atomic mass is 16.5. The van der Waals surface area contributed by atoms with Gasteiger partial charge in [-0.1, -0.05) is 18.2 Å². The summed E-state index contributed by atoms with van der Waals surface area (Å²) < 4.78 is 5.18. The second kappa shape index (κ2) is 4.78. The number of para-hydroxylation sites is 1. The Kier molecular flexibility index (Phi) is 3.19. The van der Waals surface area contributed by atoms with Crippen LogP contribution in [-0.2, 0) is 4.79 Å². The van der Waals surface area contributed by atoms with Gasteiger partial charge in [-0.05, 0) is 30.7 Å². The number of hydrogen-bond acceptors (Lipinski definition) is 3. The van der Waals surface area contributed by atoms with E-state index in [-0.39, 0.29) is 5.97 Å². The van der Waals surface area contributed by atoms with E-state index >= 15 is 0 Å². The second-order valence-corrected chi connectivity index (χ2v) is 3.76. The molecule has 0 unspecified atom stereocenters. The van der Waals surface area contributed by atoms with Crippen molar-refractivity contribution in [3.05, 3.63) is 48.2 Å². The van der Waals surface area contributed by atoms with E-state index in [1.54, 1.807) is 12.3 Å². The van der Waals surface area contributed by atoms with Gasteiger partial charge in [0.15, 0.2) is 0 Å². The third kappa shape index (κ3) is 2.50. The molecule has 0 N–H and O–H groups in total. The standard InChI is InChI=1S/C14H13NO2/c1-10-6-5-9-15-14(10)12-7-3-4-8-13(12)17-11(2)16/h3-9H,1-2H3. The van der Waals surface area contributed by atoms with Crippen LogP contribution in [0.3, 0.4) is 0 Å². The molecule has 1 aromatic heterocycles. The maximum atomic E-state index is 11.0. The molecular weight excluding hydrogens is 214 g/mol. The van der Waals surface area contributed by atoms with Crippen LogP contribution in [0.2, 0.25) is 0 Å². The molecule has 0 fully saturated rings. The van der Waals surface area contributed by atoms with Gasteiger partial charge in [0.25, 0.3) is 0 Å². The van der Waals surface area contributed by atoms with Gasteiger partial charge in [-0.2, -0.15) is 0 Å². The average Bonchev–Trinajstić information content (AvgIpc) is 2.30. The first kappa shape index (κ1) is 11.3. The van der Waals surface area contributed by atoms with Crippen molar-refractivity contribution in [1.82, 2.24) is 4.98 Å². The highest BCUT2D eigenvalue weighted by Gasteiger charge is 2.10. The van der Waals surface area contributed by atoms with Crippen LogP contribution in [0.4, 0.5) is 0 Å². The van der Waals surface area contributed by atoms with E-state index in [0.29, 0.717) is 5.75 Å². The normalized spacial score (nSPS) is 10.0. The van der Waals surface area contributed by atoms with Crippen molar-refractivity contribution in [2.24, 2.45) is 0 Å². The molecular formula is C14H13NO2. The largest absolute Gasteiger partial charge is 0.426 e. The minimum absolute atomic E-state index is 0.328. The van der Waals surface area contributed by atoms with Crippen LogP contribution >= 0.6 is 0 Å². The van der Waals surface area contributed by atoms with Gasteiger partial charge in [0.2, 0.25) is 0 Å². The maximum absolute atomic E-state index is 11.0. The van der Waals surface area contributed by atoms with Crippen LogP contribution in [0, 0.1) is 6.92 Å². The molecule has 0 atom stereocenters. The Balaban J connectivity index is 2.52. The van der Waals surface area contributed by atoms with Crippen LogP contribution in [0.1, 0.15) is 12.5 Å². The zero-order valence-electron chi connectivity index (χ0n) is 9.81. The average molecular weight is 227 g/mol. The predicted octanol–water partition coefficient (Wildman–Crippen LogP) is 2.98. The van der Waals surface area contributed by atoms with Crippen molar-refractivity contribution >= 4 is 5.97 Å². The quantitative estimate of drug-likeness (QED) is 0.585. The molecule has 2 rings (SSSR count). The molecule has 0 aliphatic heterocycles. The summed E-state index contributed by atoms with van der Waals surface area (Å²) in [5, 5.41) is 0. The Hall–Kier alpha value is -2.16. The van der Waals surface area contributed by atoms with Gasteiger partial charge in [-0.15, -0.1) is 0 Å². The van der Waals surface area contributed by atoms with Crippen molar-refractivity contribution in [1.29, 1.82) is 0 Å². The molecule has 0 bridgehead atoms. The monoisotopic (exact) mass is 227 g/mol. The van der Waals surface area contributed by atoms with E-state index in [1.165, 1.54) is 6.92 Å². The molecule has 0 amide bonds. The third-order valence-corrected chi connectivity index (χ3v) is 2.41. The Morgan fingerprint density at radius 3 is 2.65 bits per heavy atom. The SMILES string of the molecule is CC(=O)Oc1ccccc1-c1ncccc1C. The van der Waals surface area contributed by atoms with E-state index in [0.717, 1.165) is 16.8 Å². The fourth-order valence-corrected chi connectivity index (χ4v) is 1.67. The molecule has 1 heterocycles. The highest BCUT2D eigenvalue weighted by molar-refractivity contribution is 5.76. The van der Waals surface area contributed by atoms with Gasteiger partial charge in [0, 0.05) is 18.7 Å². The van der Waals surface area contributed by atoms with Crippen LogP contribution in [0.25, 0.3) is 11.3 Å². The number of hydrogen-bond donors (Lipinski definition) is 0. The Labute approximate surface area is 100 Å². The van der Waals surface area contributed by atoms with Crippen LogP contribution in [0.15, 0.2) is 42.6 Å². The second-order valence-electron chi connectivity index (χ2n) is 3.76. The molecule has 17 heavy (non-hydrogen) atoms. The fourth-order valence-electron chi connectivity index (χ4n) is 1.67. The number of carbonyl (C=O) groups excluding carboxylic acids is 1. The van der Waals surface area contributed by atoms with Gasteiger partial charge in [0.05, 0.1) is 5.69 Å². The van der Waals surface area contributed by atoms with Crippen LogP contribution in [-0.4, -0.2) is 11.0 Å². The van der Waals surface area contributed by atoms with Crippen molar-refractivity contribution in [3.63, 3.8) is 0 Å². The van der Waals surface area contributed by atoms with Gasteiger partial charge in [-0.3, -0.25) is 9.78 Å². The fraction of sp³-hybridized carbons (Fsp3) is 0.143. The molecule has 0 saturated carbocycles. The summed E-state index contributed by atoms with van der Waals surface area (Å²) in [5.41, 5.74) is 2.72. The first-order valence-corrected chi connectivity index (χ1v) is 5.38. The summed E-state index contributed by atoms with van der Waals surface area (Å²) in [4.78, 5) is 15.4. The lowest BCUT2D eigenvalue weighted by Crippen LogP contribution is -2.03. The molecule has 0 aliphatic carbocycles. The van der Waals surface area contributed by atoms with Gasteiger partial charge in [0.1, 0.15) is 5.75 Å².